The van der Waals surface area contributed by atoms with Crippen LogP contribution in [0, 0.1) is 5.92 Å². The maximum Gasteiger partial charge on any atom is 0.350 e. The molecule has 0 radical (unpaired) electrons. The number of benzene rings is 1. The number of likely N-dealkylation sites (tertiary alicyclic amines) is 1. The first kappa shape index (κ1) is 17.1. The highest BCUT2D eigenvalue weighted by Gasteiger charge is 2.32. The third-order valence-electron chi connectivity index (χ3n) is 5.84. The van der Waals surface area contributed by atoms with E-state index < -0.39 is 0 Å². The Morgan fingerprint density at radius 1 is 1.04 bits per heavy atom. The maximum absolute atomic E-state index is 12.6. The van der Waals surface area contributed by atoms with Crippen LogP contribution in [-0.4, -0.2) is 38.2 Å². The first-order valence-corrected chi connectivity index (χ1v) is 9.65. The Labute approximate surface area is 153 Å². The summed E-state index contributed by atoms with van der Waals surface area (Å²) in [7, 11) is 1.70. The van der Waals surface area contributed by atoms with Gasteiger partial charge in [-0.05, 0) is 37.8 Å². The number of hydrogen-bond donors (Lipinski definition) is 0. The average Bonchev–Trinajstić information content (AvgIpc) is 3.31. The molecule has 26 heavy (non-hydrogen) atoms. The molecule has 2 fully saturated rings. The molecule has 1 amide bonds. The minimum atomic E-state index is -0.115. The van der Waals surface area contributed by atoms with Crippen LogP contribution in [0.4, 0.5) is 0 Å². The topological polar surface area (TPSA) is 60.1 Å². The van der Waals surface area contributed by atoms with E-state index in [1.165, 1.54) is 17.5 Å². The van der Waals surface area contributed by atoms with E-state index in [1.54, 1.807) is 11.6 Å². The molecule has 1 saturated carbocycles. The lowest BCUT2D eigenvalue weighted by molar-refractivity contribution is -0.136. The molecule has 0 bridgehead atoms. The van der Waals surface area contributed by atoms with Gasteiger partial charge >= 0.3 is 5.69 Å². The molecule has 6 nitrogen and oxygen atoms in total. The predicted molar refractivity (Wildman–Crippen MR) is 99.3 cm³/mol. The van der Waals surface area contributed by atoms with E-state index in [4.69, 9.17) is 0 Å². The second kappa shape index (κ2) is 7.09. The summed E-state index contributed by atoms with van der Waals surface area (Å²) in [6.45, 7) is 1.53. The van der Waals surface area contributed by atoms with Crippen LogP contribution in [0.1, 0.15) is 50.3 Å². The number of amides is 1. The van der Waals surface area contributed by atoms with E-state index in [1.807, 2.05) is 35.2 Å². The lowest BCUT2D eigenvalue weighted by Crippen LogP contribution is -2.41. The van der Waals surface area contributed by atoms with Crippen LogP contribution < -0.4 is 5.69 Å². The molecular formula is C20H26N4O2. The van der Waals surface area contributed by atoms with Gasteiger partial charge in [0.15, 0.2) is 0 Å². The van der Waals surface area contributed by atoms with Crippen LogP contribution in [0.2, 0.25) is 0 Å². The van der Waals surface area contributed by atoms with E-state index in [0.29, 0.717) is 5.91 Å². The third kappa shape index (κ3) is 3.08. The fourth-order valence-corrected chi connectivity index (χ4v) is 4.36. The number of rotatable bonds is 3. The van der Waals surface area contributed by atoms with E-state index in [-0.39, 0.29) is 17.5 Å². The number of carbonyl (C=O) groups excluding carboxylic acids is 1. The van der Waals surface area contributed by atoms with Crippen molar-refractivity contribution in [3.05, 3.63) is 46.6 Å². The summed E-state index contributed by atoms with van der Waals surface area (Å²) in [5.41, 5.74) is 0.737. The van der Waals surface area contributed by atoms with Crippen molar-refractivity contribution in [1.29, 1.82) is 0 Å². The van der Waals surface area contributed by atoms with Crippen LogP contribution in [0.15, 0.2) is 35.1 Å². The molecule has 0 unspecified atom stereocenters. The molecule has 1 aromatic heterocycles. The first-order valence-electron chi connectivity index (χ1n) is 9.65. The lowest BCUT2D eigenvalue weighted by atomic mass is 9.94. The molecule has 2 aliphatic rings. The summed E-state index contributed by atoms with van der Waals surface area (Å²) in [5.74, 6) is 1.60. The van der Waals surface area contributed by atoms with E-state index in [0.717, 1.165) is 50.3 Å². The SMILES string of the molecule is Cn1nc(C2CCN(C(=O)C3CCCC3)CC2)n(-c2ccccc2)c1=O. The molecule has 1 aliphatic heterocycles. The van der Waals surface area contributed by atoms with Gasteiger partial charge in [0, 0.05) is 32.0 Å². The number of hydrogen-bond acceptors (Lipinski definition) is 3. The normalized spacial score (nSPS) is 19.2. The molecule has 1 aliphatic carbocycles. The van der Waals surface area contributed by atoms with Gasteiger partial charge in [0.05, 0.1) is 5.69 Å². The van der Waals surface area contributed by atoms with Gasteiger partial charge in [-0.2, -0.15) is 5.10 Å². The quantitative estimate of drug-likeness (QED) is 0.851. The minimum absolute atomic E-state index is 0.115. The standard InChI is InChI=1S/C20H26N4O2/c1-22-20(26)24(17-9-3-2-4-10-17)18(21-22)15-11-13-23(14-12-15)19(25)16-7-5-6-8-16/h2-4,9-10,15-16H,5-8,11-14H2,1H3. The number of aryl methyl sites for hydroxylation is 1. The number of aromatic nitrogens is 3. The zero-order chi connectivity index (χ0) is 18.1. The van der Waals surface area contributed by atoms with Crippen LogP contribution in [0.5, 0.6) is 0 Å². The molecule has 0 atom stereocenters. The molecule has 2 heterocycles. The fourth-order valence-electron chi connectivity index (χ4n) is 4.36. The molecule has 0 spiro atoms. The number of carbonyl (C=O) groups is 1. The molecule has 1 aromatic carbocycles. The average molecular weight is 354 g/mol. The lowest BCUT2D eigenvalue weighted by Gasteiger charge is -2.33. The first-order chi connectivity index (χ1) is 12.6. The van der Waals surface area contributed by atoms with Crippen molar-refractivity contribution < 1.29 is 4.79 Å². The molecule has 0 N–H and O–H groups in total. The molecule has 4 rings (SSSR count). The highest BCUT2D eigenvalue weighted by Crippen LogP contribution is 2.31. The predicted octanol–water partition coefficient (Wildman–Crippen LogP) is 2.47. The zero-order valence-electron chi connectivity index (χ0n) is 15.3. The van der Waals surface area contributed by atoms with Crippen molar-refractivity contribution in [2.24, 2.45) is 13.0 Å². The summed E-state index contributed by atoms with van der Waals surface area (Å²) in [5, 5.41) is 4.52. The third-order valence-corrected chi connectivity index (χ3v) is 5.84. The van der Waals surface area contributed by atoms with Gasteiger partial charge in [0.25, 0.3) is 0 Å². The van der Waals surface area contributed by atoms with Gasteiger partial charge in [0.2, 0.25) is 5.91 Å². The largest absolute Gasteiger partial charge is 0.350 e. The van der Waals surface area contributed by atoms with Gasteiger partial charge < -0.3 is 4.90 Å². The summed E-state index contributed by atoms with van der Waals surface area (Å²) in [6, 6.07) is 9.68. The second-order valence-corrected chi connectivity index (χ2v) is 7.52. The van der Waals surface area contributed by atoms with E-state index in [2.05, 4.69) is 5.10 Å². The summed E-state index contributed by atoms with van der Waals surface area (Å²) in [4.78, 5) is 27.2. The van der Waals surface area contributed by atoms with Crippen LogP contribution in [-0.2, 0) is 11.8 Å². The fraction of sp³-hybridized carbons (Fsp3) is 0.550. The molecule has 138 valence electrons. The maximum atomic E-state index is 12.6. The Hall–Kier alpha value is -2.37. The molecular weight excluding hydrogens is 328 g/mol. The zero-order valence-corrected chi connectivity index (χ0v) is 15.3. The van der Waals surface area contributed by atoms with Crippen molar-refractivity contribution in [2.75, 3.05) is 13.1 Å². The van der Waals surface area contributed by atoms with Crippen molar-refractivity contribution in [3.8, 4) is 5.69 Å². The Morgan fingerprint density at radius 2 is 1.69 bits per heavy atom. The van der Waals surface area contributed by atoms with Crippen molar-refractivity contribution in [2.45, 2.75) is 44.4 Å². The molecule has 2 aromatic rings. The highest BCUT2D eigenvalue weighted by molar-refractivity contribution is 5.79. The Morgan fingerprint density at radius 3 is 2.35 bits per heavy atom. The van der Waals surface area contributed by atoms with Crippen molar-refractivity contribution in [3.63, 3.8) is 0 Å². The van der Waals surface area contributed by atoms with Crippen LogP contribution in [0.25, 0.3) is 5.69 Å². The van der Waals surface area contributed by atoms with Gasteiger partial charge in [-0.15, -0.1) is 0 Å². The van der Waals surface area contributed by atoms with Gasteiger partial charge in [0.1, 0.15) is 5.82 Å². The minimum Gasteiger partial charge on any atom is -0.342 e. The second-order valence-electron chi connectivity index (χ2n) is 7.52. The summed E-state index contributed by atoms with van der Waals surface area (Å²) >= 11 is 0. The Bertz CT molecular complexity index is 825. The van der Waals surface area contributed by atoms with E-state index in [9.17, 15) is 9.59 Å². The van der Waals surface area contributed by atoms with Gasteiger partial charge in [-0.1, -0.05) is 31.0 Å². The van der Waals surface area contributed by atoms with Crippen LogP contribution in [0.3, 0.4) is 0 Å². The Balaban J connectivity index is 1.52. The van der Waals surface area contributed by atoms with E-state index >= 15 is 0 Å². The highest BCUT2D eigenvalue weighted by atomic mass is 16.2. The Kier molecular flexibility index (Phi) is 4.66. The molecule has 6 heteroatoms. The summed E-state index contributed by atoms with van der Waals surface area (Å²) < 4.78 is 3.14. The number of piperidine rings is 1. The van der Waals surface area contributed by atoms with Crippen molar-refractivity contribution >= 4 is 5.91 Å². The van der Waals surface area contributed by atoms with Crippen LogP contribution >= 0.6 is 0 Å². The smallest absolute Gasteiger partial charge is 0.342 e. The monoisotopic (exact) mass is 354 g/mol. The number of nitrogens with zero attached hydrogens (tertiary/aromatic N) is 4. The molecule has 1 saturated heterocycles. The van der Waals surface area contributed by atoms with Gasteiger partial charge in [-0.25, -0.2) is 14.0 Å². The van der Waals surface area contributed by atoms with Crippen molar-refractivity contribution in [1.82, 2.24) is 19.2 Å². The van der Waals surface area contributed by atoms with Gasteiger partial charge in [-0.3, -0.25) is 4.79 Å². The number of para-hydroxylation sites is 1. The summed E-state index contributed by atoms with van der Waals surface area (Å²) in [6.07, 6.45) is 6.19.